The van der Waals surface area contributed by atoms with Crippen LogP contribution in [0.25, 0.3) is 0 Å². The second kappa shape index (κ2) is 9.90. The van der Waals surface area contributed by atoms with E-state index in [1.54, 1.807) is 13.0 Å². The summed E-state index contributed by atoms with van der Waals surface area (Å²) in [6, 6.07) is 5.67. The second-order valence-corrected chi connectivity index (χ2v) is 7.53. The van der Waals surface area contributed by atoms with Crippen LogP contribution in [0.4, 0.5) is 22.0 Å². The topological polar surface area (TPSA) is 73.9 Å². The van der Waals surface area contributed by atoms with Crippen molar-refractivity contribution in [1.82, 2.24) is 5.09 Å². The number of benzene rings is 2. The molecule has 0 spiro atoms. The van der Waals surface area contributed by atoms with Crippen LogP contribution in [0.2, 0.25) is 0 Å². The fourth-order valence-corrected chi connectivity index (χ4v) is 3.62. The minimum Gasteiger partial charge on any atom is -0.465 e. The third-order valence-electron chi connectivity index (χ3n) is 3.50. The van der Waals surface area contributed by atoms with E-state index in [-0.39, 0.29) is 12.4 Å². The van der Waals surface area contributed by atoms with Gasteiger partial charge in [-0.05, 0) is 25.5 Å². The van der Waals surface area contributed by atoms with Crippen molar-refractivity contribution in [3.63, 3.8) is 0 Å². The summed E-state index contributed by atoms with van der Waals surface area (Å²) in [5, 5.41) is 2.07. The summed E-state index contributed by atoms with van der Waals surface area (Å²) in [4.78, 5) is 11.9. The molecule has 0 aliphatic heterocycles. The van der Waals surface area contributed by atoms with E-state index in [0.717, 1.165) is 0 Å². The minimum atomic E-state index is -4.90. The summed E-state index contributed by atoms with van der Waals surface area (Å²) in [5.74, 6) is -14.6. The first kappa shape index (κ1) is 23.6. The van der Waals surface area contributed by atoms with Gasteiger partial charge in [-0.1, -0.05) is 25.1 Å². The summed E-state index contributed by atoms with van der Waals surface area (Å²) in [6.45, 7) is 2.94. The molecule has 0 bridgehead atoms. The van der Waals surface area contributed by atoms with Crippen LogP contribution in [0.5, 0.6) is 11.5 Å². The van der Waals surface area contributed by atoms with Crippen molar-refractivity contribution in [2.45, 2.75) is 26.3 Å². The largest absolute Gasteiger partial charge is 0.513 e. The van der Waals surface area contributed by atoms with Gasteiger partial charge in [-0.15, -0.1) is 0 Å². The highest BCUT2D eigenvalue weighted by molar-refractivity contribution is 7.52. The maximum atomic E-state index is 14.0. The number of hydrogen-bond acceptors (Lipinski definition) is 5. The SMILES string of the molecule is CCCOC(=O)[C@@H](C)NP(=O)(Oc1ccccc1)Oc1c(F)c(F)c(F)c(F)c1F. The summed E-state index contributed by atoms with van der Waals surface area (Å²) in [6.07, 6.45) is 0.484. The maximum absolute atomic E-state index is 14.0. The molecule has 2 rings (SSSR count). The molecule has 2 aromatic carbocycles. The molecule has 30 heavy (non-hydrogen) atoms. The number of para-hydroxylation sites is 1. The molecule has 1 unspecified atom stereocenters. The number of carbonyl (C=O) groups excluding carboxylic acids is 1. The van der Waals surface area contributed by atoms with Crippen LogP contribution < -0.4 is 14.1 Å². The average Bonchev–Trinajstić information content (AvgIpc) is 2.72. The van der Waals surface area contributed by atoms with Crippen molar-refractivity contribution in [2.24, 2.45) is 0 Å². The van der Waals surface area contributed by atoms with Crippen LogP contribution in [-0.2, 0) is 14.1 Å². The molecule has 0 saturated carbocycles. The molecule has 0 aliphatic rings. The van der Waals surface area contributed by atoms with Gasteiger partial charge < -0.3 is 13.8 Å². The Morgan fingerprint density at radius 1 is 0.967 bits per heavy atom. The predicted molar refractivity (Wildman–Crippen MR) is 95.4 cm³/mol. The predicted octanol–water partition coefficient (Wildman–Crippen LogP) is 4.88. The average molecular weight is 453 g/mol. The van der Waals surface area contributed by atoms with Gasteiger partial charge in [-0.2, -0.15) is 13.9 Å². The van der Waals surface area contributed by atoms with Crippen LogP contribution in [0.3, 0.4) is 0 Å². The molecule has 0 amide bonds. The van der Waals surface area contributed by atoms with Gasteiger partial charge in [0.05, 0.1) is 6.61 Å². The standard InChI is InChI=1S/C18H17F5NO5P/c1-3-9-27-18(25)10(2)24-30(26,28-11-7-5-4-6-8-11)29-17-15(22)13(20)12(19)14(21)16(17)23/h4-8,10H,3,9H2,1-2H3,(H,24,26)/t10-,30?/m1/s1. The van der Waals surface area contributed by atoms with Gasteiger partial charge in [0.15, 0.2) is 0 Å². The van der Waals surface area contributed by atoms with E-state index >= 15 is 0 Å². The molecule has 0 aromatic heterocycles. The van der Waals surface area contributed by atoms with Gasteiger partial charge in [0.1, 0.15) is 11.8 Å². The molecule has 0 saturated heterocycles. The number of rotatable bonds is 9. The van der Waals surface area contributed by atoms with E-state index in [4.69, 9.17) is 9.26 Å². The summed E-state index contributed by atoms with van der Waals surface area (Å²) in [7, 11) is -4.90. The van der Waals surface area contributed by atoms with Crippen LogP contribution in [0, 0.1) is 29.1 Å². The Bertz CT molecular complexity index is 931. The Kier molecular flexibility index (Phi) is 7.80. The lowest BCUT2D eigenvalue weighted by Gasteiger charge is -2.23. The third kappa shape index (κ3) is 5.48. The van der Waals surface area contributed by atoms with Crippen molar-refractivity contribution in [3.8, 4) is 11.5 Å². The lowest BCUT2D eigenvalue weighted by Crippen LogP contribution is -2.36. The van der Waals surface area contributed by atoms with E-state index in [2.05, 4.69) is 9.61 Å². The Balaban J connectivity index is 2.42. The Labute approximate surface area is 168 Å². The quantitative estimate of drug-likeness (QED) is 0.192. The molecular weight excluding hydrogens is 436 g/mol. The second-order valence-electron chi connectivity index (χ2n) is 5.91. The summed E-state index contributed by atoms with van der Waals surface area (Å²) >= 11 is 0. The number of carbonyl (C=O) groups is 1. The zero-order chi connectivity index (χ0) is 22.5. The van der Waals surface area contributed by atoms with Gasteiger partial charge in [0, 0.05) is 0 Å². The fraction of sp³-hybridized carbons (Fsp3) is 0.278. The molecule has 2 aromatic rings. The van der Waals surface area contributed by atoms with Gasteiger partial charge in [0.25, 0.3) is 0 Å². The van der Waals surface area contributed by atoms with Crippen LogP contribution in [0.15, 0.2) is 30.3 Å². The van der Waals surface area contributed by atoms with Crippen molar-refractivity contribution >= 4 is 13.7 Å². The van der Waals surface area contributed by atoms with Crippen molar-refractivity contribution in [2.75, 3.05) is 6.61 Å². The minimum absolute atomic E-state index is 0.0349. The molecule has 1 N–H and O–H groups in total. The number of nitrogens with one attached hydrogen (secondary N) is 1. The zero-order valence-electron chi connectivity index (χ0n) is 15.8. The molecule has 0 aliphatic carbocycles. The fourth-order valence-electron chi connectivity index (χ4n) is 2.09. The lowest BCUT2D eigenvalue weighted by molar-refractivity contribution is -0.145. The molecule has 0 heterocycles. The Morgan fingerprint density at radius 3 is 2.03 bits per heavy atom. The Morgan fingerprint density at radius 2 is 1.50 bits per heavy atom. The first-order valence-electron chi connectivity index (χ1n) is 8.59. The van der Waals surface area contributed by atoms with E-state index in [0.29, 0.717) is 6.42 Å². The smallest absolute Gasteiger partial charge is 0.465 e. The summed E-state index contributed by atoms with van der Waals surface area (Å²) in [5.41, 5.74) is 0. The van der Waals surface area contributed by atoms with Crippen molar-refractivity contribution in [1.29, 1.82) is 0 Å². The monoisotopic (exact) mass is 453 g/mol. The van der Waals surface area contributed by atoms with Crippen LogP contribution in [0.1, 0.15) is 20.3 Å². The first-order valence-corrected chi connectivity index (χ1v) is 10.1. The summed E-state index contributed by atoms with van der Waals surface area (Å²) < 4.78 is 95.9. The highest BCUT2D eigenvalue weighted by Crippen LogP contribution is 2.47. The Hall–Kier alpha value is -2.65. The maximum Gasteiger partial charge on any atom is 0.513 e. The molecule has 12 heteroatoms. The first-order chi connectivity index (χ1) is 14.1. The highest BCUT2D eigenvalue weighted by atomic mass is 31.2. The van der Waals surface area contributed by atoms with E-state index < -0.39 is 54.6 Å². The zero-order valence-corrected chi connectivity index (χ0v) is 16.7. The van der Waals surface area contributed by atoms with Crippen molar-refractivity contribution < 1.29 is 45.1 Å². The van der Waals surface area contributed by atoms with E-state index in [1.807, 2.05) is 0 Å². The van der Waals surface area contributed by atoms with Crippen molar-refractivity contribution in [3.05, 3.63) is 59.4 Å². The van der Waals surface area contributed by atoms with Gasteiger partial charge in [-0.25, -0.2) is 17.7 Å². The molecule has 2 atom stereocenters. The van der Waals surface area contributed by atoms with Gasteiger partial charge in [0.2, 0.25) is 34.8 Å². The van der Waals surface area contributed by atoms with Crippen LogP contribution in [-0.4, -0.2) is 18.6 Å². The van der Waals surface area contributed by atoms with Crippen LogP contribution >= 0.6 is 7.75 Å². The van der Waals surface area contributed by atoms with Gasteiger partial charge in [-0.3, -0.25) is 4.79 Å². The molecular formula is C18H17F5NO5P. The van der Waals surface area contributed by atoms with E-state index in [1.165, 1.54) is 31.2 Å². The molecule has 0 radical (unpaired) electrons. The van der Waals surface area contributed by atoms with E-state index in [9.17, 15) is 31.3 Å². The molecule has 0 fully saturated rings. The van der Waals surface area contributed by atoms with Gasteiger partial charge >= 0.3 is 13.7 Å². The molecule has 6 nitrogen and oxygen atoms in total. The number of esters is 1. The number of halogens is 5. The molecule has 164 valence electrons. The lowest BCUT2D eigenvalue weighted by atomic mass is 10.3. The third-order valence-corrected chi connectivity index (χ3v) is 5.08. The highest BCUT2D eigenvalue weighted by Gasteiger charge is 2.38. The number of ether oxygens (including phenoxy) is 1. The number of hydrogen-bond donors (Lipinski definition) is 1. The normalized spacial score (nSPS) is 14.0.